The fourth-order valence-electron chi connectivity index (χ4n) is 2.31. The van der Waals surface area contributed by atoms with Crippen molar-refractivity contribution >= 4 is 22.9 Å². The molecule has 0 atom stereocenters. The molecule has 4 N–H and O–H groups in total. The lowest BCUT2D eigenvalue weighted by atomic mass is 10.1. The lowest BCUT2D eigenvalue weighted by Gasteiger charge is -2.03. The fraction of sp³-hybridized carbons (Fsp3) is 0.0588. The average molecular weight is 317 g/mol. The van der Waals surface area contributed by atoms with E-state index in [1.165, 1.54) is 0 Å². The second-order valence-electron chi connectivity index (χ2n) is 5.23. The minimum absolute atomic E-state index is 0.163. The third-order valence-electron chi connectivity index (χ3n) is 3.49. The molecule has 0 bridgehead atoms. The molecule has 0 saturated carbocycles. The smallest absolute Gasteiger partial charge is 0.201 e. The van der Waals surface area contributed by atoms with Gasteiger partial charge in [-0.25, -0.2) is 4.98 Å². The van der Waals surface area contributed by atoms with Gasteiger partial charge in [-0.15, -0.1) is 0 Å². The van der Waals surface area contributed by atoms with Gasteiger partial charge in [-0.1, -0.05) is 18.2 Å². The molecule has 118 valence electrons. The quantitative estimate of drug-likeness (QED) is 0.389. The molecule has 2 heterocycles. The van der Waals surface area contributed by atoms with Gasteiger partial charge < -0.3 is 10.1 Å². The third-order valence-corrected chi connectivity index (χ3v) is 3.49. The first-order valence-corrected chi connectivity index (χ1v) is 7.21. The van der Waals surface area contributed by atoms with E-state index in [4.69, 9.17) is 16.4 Å². The van der Waals surface area contributed by atoms with E-state index < -0.39 is 0 Å². The number of hydrazone groups is 1. The number of hydrogen-bond donors (Lipinski definition) is 3. The third kappa shape index (κ3) is 2.94. The second kappa shape index (κ2) is 6.22. The number of amidine groups is 1. The normalized spacial score (nSPS) is 11.2. The zero-order valence-corrected chi connectivity index (χ0v) is 13.0. The minimum Gasteiger partial charge on any atom is -0.382 e. The van der Waals surface area contributed by atoms with E-state index in [0.717, 1.165) is 22.5 Å². The number of pyridine rings is 1. The van der Waals surface area contributed by atoms with Crippen molar-refractivity contribution in [3.8, 4) is 17.3 Å². The highest BCUT2D eigenvalue weighted by Crippen LogP contribution is 2.23. The topological polar surface area (TPSA) is 115 Å². The maximum atomic E-state index is 8.86. The first-order chi connectivity index (χ1) is 11.6. The monoisotopic (exact) mass is 317 g/mol. The lowest BCUT2D eigenvalue weighted by molar-refractivity contribution is 1.16. The van der Waals surface area contributed by atoms with Gasteiger partial charge in [0, 0.05) is 18.0 Å². The van der Waals surface area contributed by atoms with E-state index >= 15 is 0 Å². The van der Waals surface area contributed by atoms with Crippen molar-refractivity contribution in [1.82, 2.24) is 9.38 Å². The van der Waals surface area contributed by atoms with Crippen molar-refractivity contribution in [2.24, 2.45) is 10.8 Å². The molecule has 0 aliphatic rings. The van der Waals surface area contributed by atoms with Gasteiger partial charge in [0.05, 0.1) is 11.4 Å². The van der Waals surface area contributed by atoms with Crippen LogP contribution in [0, 0.1) is 23.7 Å². The Kier molecular flexibility index (Phi) is 3.95. The van der Waals surface area contributed by atoms with Crippen molar-refractivity contribution in [3.05, 3.63) is 54.4 Å². The Morgan fingerprint density at radius 2 is 2.21 bits per heavy atom. The summed E-state index contributed by atoms with van der Waals surface area (Å²) in [6, 6.07) is 13.3. The molecule has 0 aliphatic carbocycles. The molecule has 0 saturated heterocycles. The number of imidazole rings is 1. The average Bonchev–Trinajstić information content (AvgIpc) is 3.01. The van der Waals surface area contributed by atoms with E-state index in [1.807, 2.05) is 60.1 Å². The first kappa shape index (κ1) is 15.2. The van der Waals surface area contributed by atoms with E-state index in [2.05, 4.69) is 15.5 Å². The largest absolute Gasteiger partial charge is 0.382 e. The number of aryl methyl sites for hydroxylation is 1. The van der Waals surface area contributed by atoms with Gasteiger partial charge in [0.1, 0.15) is 11.7 Å². The van der Waals surface area contributed by atoms with Crippen molar-refractivity contribution in [2.75, 3.05) is 5.43 Å². The van der Waals surface area contributed by atoms with Gasteiger partial charge in [-0.2, -0.15) is 10.4 Å². The zero-order valence-electron chi connectivity index (χ0n) is 13.0. The number of anilines is 1. The van der Waals surface area contributed by atoms with Crippen molar-refractivity contribution < 1.29 is 0 Å². The molecular formula is C17H15N7. The van der Waals surface area contributed by atoms with Crippen LogP contribution >= 0.6 is 0 Å². The van der Waals surface area contributed by atoms with Crippen molar-refractivity contribution in [1.29, 1.82) is 10.7 Å². The summed E-state index contributed by atoms with van der Waals surface area (Å²) < 4.78 is 1.98. The maximum Gasteiger partial charge on any atom is 0.201 e. The lowest BCUT2D eigenvalue weighted by Crippen LogP contribution is -2.21. The molecule has 2 aromatic heterocycles. The Hall–Kier alpha value is -3.66. The van der Waals surface area contributed by atoms with Crippen LogP contribution in [0.25, 0.3) is 16.9 Å². The highest BCUT2D eigenvalue weighted by molar-refractivity contribution is 6.45. The Labute approximate surface area is 138 Å². The summed E-state index contributed by atoms with van der Waals surface area (Å²) in [5, 5.41) is 19.9. The summed E-state index contributed by atoms with van der Waals surface area (Å²) in [6.07, 6.45) is 3.91. The Morgan fingerprint density at radius 3 is 2.92 bits per heavy atom. The molecule has 0 fully saturated rings. The predicted octanol–water partition coefficient (Wildman–Crippen LogP) is 2.54. The van der Waals surface area contributed by atoms with Crippen molar-refractivity contribution in [2.45, 2.75) is 6.92 Å². The molecular weight excluding hydrogens is 302 g/mol. The number of hydrogen-bond acceptors (Lipinski definition) is 5. The number of nitriles is 1. The molecule has 0 aliphatic heterocycles. The second-order valence-corrected chi connectivity index (χ2v) is 5.23. The van der Waals surface area contributed by atoms with Crippen LogP contribution in [0.3, 0.4) is 0 Å². The molecule has 1 aromatic carbocycles. The van der Waals surface area contributed by atoms with Crippen LogP contribution in [0.1, 0.15) is 5.56 Å². The van der Waals surface area contributed by atoms with Gasteiger partial charge in [0.25, 0.3) is 0 Å². The van der Waals surface area contributed by atoms with Crippen LogP contribution in [0.5, 0.6) is 0 Å². The number of nitrogens with one attached hydrogen (secondary N) is 2. The number of benzene rings is 1. The van der Waals surface area contributed by atoms with Gasteiger partial charge in [-0.3, -0.25) is 10.8 Å². The Bertz CT molecular complexity index is 992. The van der Waals surface area contributed by atoms with Gasteiger partial charge >= 0.3 is 0 Å². The molecule has 3 rings (SSSR count). The predicted molar refractivity (Wildman–Crippen MR) is 93.9 cm³/mol. The highest BCUT2D eigenvalue weighted by Gasteiger charge is 2.07. The number of nitrogens with zero attached hydrogens (tertiary/aromatic N) is 4. The summed E-state index contributed by atoms with van der Waals surface area (Å²) in [6.45, 7) is 2.02. The number of aromatic nitrogens is 2. The van der Waals surface area contributed by atoms with E-state index in [1.54, 1.807) is 6.07 Å². The summed E-state index contributed by atoms with van der Waals surface area (Å²) in [4.78, 5) is 4.66. The highest BCUT2D eigenvalue weighted by atomic mass is 15.3. The SMILES string of the molecule is Cc1cccn2cc(-c3cccc(N/N=C(\C#N)C(=N)N)c3)nc12. The molecule has 0 radical (unpaired) electrons. The Morgan fingerprint density at radius 1 is 1.38 bits per heavy atom. The summed E-state index contributed by atoms with van der Waals surface area (Å²) in [5.41, 5.74) is 12.3. The summed E-state index contributed by atoms with van der Waals surface area (Å²) in [7, 11) is 0. The van der Waals surface area contributed by atoms with Crippen LogP contribution in [-0.4, -0.2) is 20.9 Å². The van der Waals surface area contributed by atoms with E-state index in [-0.39, 0.29) is 11.5 Å². The fourth-order valence-corrected chi connectivity index (χ4v) is 2.31. The van der Waals surface area contributed by atoms with Crippen molar-refractivity contribution in [3.63, 3.8) is 0 Å². The number of rotatable bonds is 4. The minimum atomic E-state index is -0.378. The number of nitrogens with two attached hydrogens (primary N) is 1. The summed E-state index contributed by atoms with van der Waals surface area (Å²) in [5.74, 6) is -0.378. The summed E-state index contributed by atoms with van der Waals surface area (Å²) >= 11 is 0. The van der Waals surface area contributed by atoms with E-state index in [9.17, 15) is 0 Å². The van der Waals surface area contributed by atoms with Gasteiger partial charge in [0.15, 0.2) is 5.84 Å². The molecule has 7 heteroatoms. The molecule has 3 aromatic rings. The van der Waals surface area contributed by atoms with Gasteiger partial charge in [0.2, 0.25) is 5.71 Å². The molecule has 7 nitrogen and oxygen atoms in total. The number of fused-ring (bicyclic) bond motifs is 1. The first-order valence-electron chi connectivity index (χ1n) is 7.21. The molecule has 0 unspecified atom stereocenters. The van der Waals surface area contributed by atoms with Gasteiger partial charge in [-0.05, 0) is 30.7 Å². The maximum absolute atomic E-state index is 8.86. The van der Waals surface area contributed by atoms with Crippen LogP contribution in [0.15, 0.2) is 53.9 Å². The zero-order chi connectivity index (χ0) is 17.1. The molecule has 24 heavy (non-hydrogen) atoms. The molecule has 0 spiro atoms. The standard InChI is InChI=1S/C17H15N7/c1-11-4-3-7-24-10-15(21-17(11)24)12-5-2-6-13(8-12)22-23-14(9-18)16(19)20/h2-8,10,22H,1H3,(H3,19,20)/b23-14+. The van der Waals surface area contributed by atoms with Crippen LogP contribution < -0.4 is 11.2 Å². The van der Waals surface area contributed by atoms with Crippen LogP contribution in [-0.2, 0) is 0 Å². The van der Waals surface area contributed by atoms with Crippen LogP contribution in [0.4, 0.5) is 5.69 Å². The van der Waals surface area contributed by atoms with E-state index in [0.29, 0.717) is 5.69 Å². The Balaban J connectivity index is 1.94. The van der Waals surface area contributed by atoms with Crippen LogP contribution in [0.2, 0.25) is 0 Å². The molecule has 0 amide bonds.